The molecule has 0 radical (unpaired) electrons. The van der Waals surface area contributed by atoms with Gasteiger partial charge in [0, 0.05) is 0 Å². The molecule has 2 heteroatoms. The molecule has 0 spiro atoms. The molecular formula is C14H24N2. The van der Waals surface area contributed by atoms with Crippen LogP contribution in [0.1, 0.15) is 38.2 Å². The smallest absolute Gasteiger partial charge is 0.00174 e. The minimum absolute atomic E-state index is 0.153. The quantitative estimate of drug-likeness (QED) is 0.774. The van der Waals surface area contributed by atoms with Gasteiger partial charge in [-0.05, 0) is 42.8 Å². The SMILES string of the molecule is CC(c1ccccc1)C(C)(CN)CCCN. The van der Waals surface area contributed by atoms with E-state index in [1.807, 2.05) is 0 Å². The monoisotopic (exact) mass is 220 g/mol. The van der Waals surface area contributed by atoms with E-state index in [9.17, 15) is 0 Å². The van der Waals surface area contributed by atoms with Crippen molar-refractivity contribution in [1.29, 1.82) is 0 Å². The second kappa shape index (κ2) is 6.02. The predicted octanol–water partition coefficient (Wildman–Crippen LogP) is 2.49. The fraction of sp³-hybridized carbons (Fsp3) is 0.571. The van der Waals surface area contributed by atoms with Crippen LogP contribution in [0.3, 0.4) is 0 Å². The first-order valence-corrected chi connectivity index (χ1v) is 6.09. The summed E-state index contributed by atoms with van der Waals surface area (Å²) in [5.74, 6) is 0.477. The molecule has 0 aliphatic heterocycles. The maximum Gasteiger partial charge on any atom is -0.00174 e. The number of rotatable bonds is 6. The molecule has 2 unspecified atom stereocenters. The van der Waals surface area contributed by atoms with Gasteiger partial charge < -0.3 is 11.5 Å². The first kappa shape index (κ1) is 13.2. The zero-order valence-electron chi connectivity index (χ0n) is 10.4. The van der Waals surface area contributed by atoms with E-state index >= 15 is 0 Å². The number of hydrogen-bond acceptors (Lipinski definition) is 2. The molecule has 90 valence electrons. The summed E-state index contributed by atoms with van der Waals surface area (Å²) in [6.07, 6.45) is 2.14. The highest BCUT2D eigenvalue weighted by molar-refractivity contribution is 5.21. The predicted molar refractivity (Wildman–Crippen MR) is 70.3 cm³/mol. The van der Waals surface area contributed by atoms with E-state index < -0.39 is 0 Å². The van der Waals surface area contributed by atoms with Crippen LogP contribution in [0.4, 0.5) is 0 Å². The highest BCUT2D eigenvalue weighted by Crippen LogP contribution is 2.38. The van der Waals surface area contributed by atoms with Gasteiger partial charge in [0.15, 0.2) is 0 Å². The fourth-order valence-corrected chi connectivity index (χ4v) is 2.15. The van der Waals surface area contributed by atoms with Crippen LogP contribution >= 0.6 is 0 Å². The summed E-state index contributed by atoms with van der Waals surface area (Å²) < 4.78 is 0. The third-order valence-electron chi connectivity index (χ3n) is 3.76. The summed E-state index contributed by atoms with van der Waals surface area (Å²) in [4.78, 5) is 0. The van der Waals surface area contributed by atoms with Gasteiger partial charge in [-0.25, -0.2) is 0 Å². The number of hydrogen-bond donors (Lipinski definition) is 2. The Kier molecular flexibility index (Phi) is 4.97. The molecule has 0 aliphatic carbocycles. The van der Waals surface area contributed by atoms with Crippen molar-refractivity contribution in [2.75, 3.05) is 13.1 Å². The van der Waals surface area contributed by atoms with E-state index in [4.69, 9.17) is 11.5 Å². The van der Waals surface area contributed by atoms with Gasteiger partial charge in [0.25, 0.3) is 0 Å². The van der Waals surface area contributed by atoms with Crippen molar-refractivity contribution in [3.8, 4) is 0 Å². The Morgan fingerprint density at radius 3 is 2.31 bits per heavy atom. The van der Waals surface area contributed by atoms with Gasteiger partial charge in [-0.3, -0.25) is 0 Å². The van der Waals surface area contributed by atoms with E-state index in [0.717, 1.165) is 19.4 Å². The highest BCUT2D eigenvalue weighted by Gasteiger charge is 2.29. The van der Waals surface area contributed by atoms with Gasteiger partial charge in [-0.1, -0.05) is 44.2 Å². The molecular weight excluding hydrogens is 196 g/mol. The second-order valence-corrected chi connectivity index (χ2v) is 4.88. The summed E-state index contributed by atoms with van der Waals surface area (Å²) in [5.41, 5.74) is 13.1. The molecule has 1 aromatic carbocycles. The molecule has 0 bridgehead atoms. The lowest BCUT2D eigenvalue weighted by Gasteiger charge is -2.35. The first-order chi connectivity index (χ1) is 7.64. The normalized spacial score (nSPS) is 16.8. The van der Waals surface area contributed by atoms with Gasteiger partial charge in [-0.2, -0.15) is 0 Å². The van der Waals surface area contributed by atoms with Crippen LogP contribution in [-0.2, 0) is 0 Å². The third-order valence-corrected chi connectivity index (χ3v) is 3.76. The van der Waals surface area contributed by atoms with Crippen molar-refractivity contribution in [2.24, 2.45) is 16.9 Å². The van der Waals surface area contributed by atoms with Crippen molar-refractivity contribution in [1.82, 2.24) is 0 Å². The summed E-state index contributed by atoms with van der Waals surface area (Å²) in [5, 5.41) is 0. The van der Waals surface area contributed by atoms with Crippen molar-refractivity contribution >= 4 is 0 Å². The lowest BCUT2D eigenvalue weighted by Crippen LogP contribution is -2.33. The average Bonchev–Trinajstić information content (AvgIpc) is 2.36. The number of nitrogens with two attached hydrogens (primary N) is 2. The van der Waals surface area contributed by atoms with Crippen LogP contribution in [0.25, 0.3) is 0 Å². The van der Waals surface area contributed by atoms with E-state index in [0.29, 0.717) is 12.5 Å². The Labute approximate surface area is 99.0 Å². The molecule has 0 aliphatic rings. The van der Waals surface area contributed by atoms with Crippen molar-refractivity contribution in [3.05, 3.63) is 35.9 Å². The Balaban J connectivity index is 2.79. The standard InChI is InChI=1S/C14H24N2/c1-12(13-7-4-3-5-8-13)14(2,11-16)9-6-10-15/h3-5,7-8,12H,6,9-11,15-16H2,1-2H3. The van der Waals surface area contributed by atoms with Crippen molar-refractivity contribution in [2.45, 2.75) is 32.6 Å². The zero-order chi connectivity index (χ0) is 12.0. The largest absolute Gasteiger partial charge is 0.330 e. The van der Waals surface area contributed by atoms with E-state index in [2.05, 4.69) is 44.2 Å². The molecule has 4 N–H and O–H groups in total. The molecule has 2 atom stereocenters. The highest BCUT2D eigenvalue weighted by atomic mass is 14.6. The molecule has 0 aromatic heterocycles. The van der Waals surface area contributed by atoms with E-state index in [-0.39, 0.29) is 5.41 Å². The number of benzene rings is 1. The zero-order valence-corrected chi connectivity index (χ0v) is 10.4. The molecule has 0 fully saturated rings. The topological polar surface area (TPSA) is 52.0 Å². The van der Waals surface area contributed by atoms with Gasteiger partial charge in [0.1, 0.15) is 0 Å². The Hall–Kier alpha value is -0.860. The molecule has 0 heterocycles. The maximum absolute atomic E-state index is 5.95. The molecule has 0 amide bonds. The Morgan fingerprint density at radius 2 is 1.81 bits per heavy atom. The molecule has 0 saturated carbocycles. The molecule has 0 saturated heterocycles. The molecule has 1 aromatic rings. The molecule has 2 nitrogen and oxygen atoms in total. The summed E-state index contributed by atoms with van der Waals surface area (Å²) in [6, 6.07) is 10.6. The fourth-order valence-electron chi connectivity index (χ4n) is 2.15. The van der Waals surface area contributed by atoms with Crippen LogP contribution in [0, 0.1) is 5.41 Å². The Morgan fingerprint density at radius 1 is 1.19 bits per heavy atom. The summed E-state index contributed by atoms with van der Waals surface area (Å²) in [6.45, 7) is 5.99. The van der Waals surface area contributed by atoms with Crippen LogP contribution in [0.2, 0.25) is 0 Å². The van der Waals surface area contributed by atoms with Crippen LogP contribution in [-0.4, -0.2) is 13.1 Å². The minimum Gasteiger partial charge on any atom is -0.330 e. The van der Waals surface area contributed by atoms with Crippen molar-refractivity contribution in [3.63, 3.8) is 0 Å². The van der Waals surface area contributed by atoms with Crippen LogP contribution in [0.15, 0.2) is 30.3 Å². The van der Waals surface area contributed by atoms with E-state index in [1.54, 1.807) is 0 Å². The van der Waals surface area contributed by atoms with Gasteiger partial charge >= 0.3 is 0 Å². The summed E-state index contributed by atoms with van der Waals surface area (Å²) in [7, 11) is 0. The lowest BCUT2D eigenvalue weighted by molar-refractivity contribution is 0.249. The van der Waals surface area contributed by atoms with Crippen LogP contribution in [0.5, 0.6) is 0 Å². The van der Waals surface area contributed by atoms with E-state index in [1.165, 1.54) is 5.56 Å². The second-order valence-electron chi connectivity index (χ2n) is 4.88. The first-order valence-electron chi connectivity index (χ1n) is 6.09. The lowest BCUT2D eigenvalue weighted by atomic mass is 9.71. The molecule has 16 heavy (non-hydrogen) atoms. The summed E-state index contributed by atoms with van der Waals surface area (Å²) >= 11 is 0. The average molecular weight is 220 g/mol. The third kappa shape index (κ3) is 3.06. The van der Waals surface area contributed by atoms with Gasteiger partial charge in [0.05, 0.1) is 0 Å². The van der Waals surface area contributed by atoms with Crippen LogP contribution < -0.4 is 11.5 Å². The molecule has 1 rings (SSSR count). The van der Waals surface area contributed by atoms with Gasteiger partial charge in [-0.15, -0.1) is 0 Å². The minimum atomic E-state index is 0.153. The maximum atomic E-state index is 5.95. The Bertz CT molecular complexity index is 297. The van der Waals surface area contributed by atoms with Crippen molar-refractivity contribution < 1.29 is 0 Å². The van der Waals surface area contributed by atoms with Gasteiger partial charge in [0.2, 0.25) is 0 Å².